The van der Waals surface area contributed by atoms with Crippen LogP contribution in [0, 0.1) is 5.92 Å². The number of hydrogen-bond donors (Lipinski definition) is 1. The second kappa shape index (κ2) is 7.34. The Hall–Kier alpha value is -1.59. The van der Waals surface area contributed by atoms with Gasteiger partial charge in [-0.1, -0.05) is 33.1 Å². The SMILES string of the molecule is CCC1(CC)NC(=O)N(CC(=O)N2CCCC2C2CCCCC2)C1=O. The molecular formula is C19H31N3O3. The van der Waals surface area contributed by atoms with E-state index in [2.05, 4.69) is 5.32 Å². The Balaban J connectivity index is 1.67. The quantitative estimate of drug-likeness (QED) is 0.776. The molecule has 2 heterocycles. The van der Waals surface area contributed by atoms with Crippen molar-refractivity contribution in [2.24, 2.45) is 5.92 Å². The van der Waals surface area contributed by atoms with Gasteiger partial charge in [0.1, 0.15) is 12.1 Å². The standard InChI is InChI=1S/C19H31N3O3/c1-3-19(4-2)17(24)22(18(25)20-19)13-16(23)21-12-8-11-15(21)14-9-6-5-7-10-14/h14-15H,3-13H2,1-2H3,(H,20,25). The number of rotatable bonds is 5. The molecule has 0 radical (unpaired) electrons. The summed E-state index contributed by atoms with van der Waals surface area (Å²) in [6.45, 7) is 4.44. The van der Waals surface area contributed by atoms with Gasteiger partial charge in [0.25, 0.3) is 5.91 Å². The molecule has 1 saturated carbocycles. The molecule has 6 heteroatoms. The molecule has 1 aliphatic carbocycles. The Labute approximate surface area is 150 Å². The molecule has 4 amide bonds. The molecule has 2 aliphatic heterocycles. The van der Waals surface area contributed by atoms with Crippen LogP contribution in [0.4, 0.5) is 4.79 Å². The molecular weight excluding hydrogens is 318 g/mol. The Morgan fingerprint density at radius 1 is 1.08 bits per heavy atom. The topological polar surface area (TPSA) is 69.7 Å². The summed E-state index contributed by atoms with van der Waals surface area (Å²) in [5.41, 5.74) is -0.828. The maximum atomic E-state index is 12.9. The summed E-state index contributed by atoms with van der Waals surface area (Å²) < 4.78 is 0. The molecule has 3 aliphatic rings. The van der Waals surface area contributed by atoms with Crippen LogP contribution in [0.3, 0.4) is 0 Å². The lowest BCUT2D eigenvalue weighted by Gasteiger charge is -2.34. The first-order chi connectivity index (χ1) is 12.0. The second-order valence-electron chi connectivity index (χ2n) is 7.81. The van der Waals surface area contributed by atoms with Crippen LogP contribution in [0.1, 0.15) is 71.6 Å². The minimum absolute atomic E-state index is 0.0698. The molecule has 1 N–H and O–H groups in total. The predicted molar refractivity (Wildman–Crippen MR) is 94.9 cm³/mol. The van der Waals surface area contributed by atoms with E-state index in [4.69, 9.17) is 0 Å². The molecule has 3 fully saturated rings. The average Bonchev–Trinajstić information content (AvgIpc) is 3.21. The van der Waals surface area contributed by atoms with Crippen LogP contribution in [-0.4, -0.2) is 52.3 Å². The van der Waals surface area contributed by atoms with Crippen LogP contribution in [0.5, 0.6) is 0 Å². The maximum Gasteiger partial charge on any atom is 0.325 e. The fourth-order valence-electron chi connectivity index (χ4n) is 4.89. The zero-order valence-corrected chi connectivity index (χ0v) is 15.6. The Morgan fingerprint density at radius 3 is 2.36 bits per heavy atom. The fourth-order valence-corrected chi connectivity index (χ4v) is 4.89. The summed E-state index contributed by atoms with van der Waals surface area (Å²) in [5.74, 6) is 0.275. The van der Waals surface area contributed by atoms with Crippen molar-refractivity contribution in [1.29, 1.82) is 0 Å². The van der Waals surface area contributed by atoms with Crippen molar-refractivity contribution < 1.29 is 14.4 Å². The van der Waals surface area contributed by atoms with Gasteiger partial charge in [-0.25, -0.2) is 4.79 Å². The molecule has 0 spiro atoms. The third kappa shape index (κ3) is 3.27. The Morgan fingerprint density at radius 2 is 1.76 bits per heavy atom. The number of amides is 4. The van der Waals surface area contributed by atoms with Crippen molar-refractivity contribution in [1.82, 2.24) is 15.1 Å². The van der Waals surface area contributed by atoms with Crippen molar-refractivity contribution in [3.8, 4) is 0 Å². The normalized spacial score (nSPS) is 27.0. The van der Waals surface area contributed by atoms with E-state index in [1.54, 1.807) is 0 Å². The van der Waals surface area contributed by atoms with E-state index in [0.717, 1.165) is 24.3 Å². The van der Waals surface area contributed by atoms with Gasteiger partial charge in [-0.05, 0) is 44.4 Å². The smallest absolute Gasteiger partial charge is 0.325 e. The molecule has 3 rings (SSSR count). The maximum absolute atomic E-state index is 12.9. The highest BCUT2D eigenvalue weighted by Gasteiger charge is 2.49. The molecule has 0 aromatic carbocycles. The minimum atomic E-state index is -0.828. The first-order valence-corrected chi connectivity index (χ1v) is 9.96. The van der Waals surface area contributed by atoms with Crippen molar-refractivity contribution in [2.45, 2.75) is 83.2 Å². The second-order valence-corrected chi connectivity index (χ2v) is 7.81. The van der Waals surface area contributed by atoms with Crippen LogP contribution < -0.4 is 5.32 Å². The zero-order chi connectivity index (χ0) is 18.0. The molecule has 1 unspecified atom stereocenters. The Bertz CT molecular complexity index is 538. The van der Waals surface area contributed by atoms with Crippen LogP contribution in [0.2, 0.25) is 0 Å². The van der Waals surface area contributed by atoms with Gasteiger partial charge in [-0.2, -0.15) is 0 Å². The summed E-state index contributed by atoms with van der Waals surface area (Å²) in [5, 5.41) is 2.80. The van der Waals surface area contributed by atoms with E-state index in [-0.39, 0.29) is 18.4 Å². The summed E-state index contributed by atoms with van der Waals surface area (Å²) in [4.78, 5) is 40.9. The number of nitrogens with one attached hydrogen (secondary N) is 1. The number of urea groups is 1. The van der Waals surface area contributed by atoms with E-state index in [0.29, 0.717) is 24.8 Å². The van der Waals surface area contributed by atoms with Gasteiger partial charge in [-0.3, -0.25) is 14.5 Å². The van der Waals surface area contributed by atoms with Gasteiger partial charge in [-0.15, -0.1) is 0 Å². The lowest BCUT2D eigenvalue weighted by atomic mass is 9.83. The first-order valence-electron chi connectivity index (χ1n) is 9.96. The summed E-state index contributed by atoms with van der Waals surface area (Å²) in [6, 6.07) is -0.119. The fraction of sp³-hybridized carbons (Fsp3) is 0.842. The molecule has 1 atom stereocenters. The lowest BCUT2D eigenvalue weighted by Crippen LogP contribution is -2.48. The summed E-state index contributed by atoms with van der Waals surface area (Å²) in [7, 11) is 0. The number of likely N-dealkylation sites (tertiary alicyclic amines) is 1. The number of carbonyl (C=O) groups excluding carboxylic acids is 3. The van der Waals surface area contributed by atoms with Gasteiger partial charge < -0.3 is 10.2 Å². The third-order valence-corrected chi connectivity index (χ3v) is 6.56. The van der Waals surface area contributed by atoms with Gasteiger partial charge in [0, 0.05) is 12.6 Å². The number of imide groups is 1. The van der Waals surface area contributed by atoms with Gasteiger partial charge in [0.05, 0.1) is 0 Å². The minimum Gasteiger partial charge on any atom is -0.338 e. The molecule has 25 heavy (non-hydrogen) atoms. The highest BCUT2D eigenvalue weighted by atomic mass is 16.2. The largest absolute Gasteiger partial charge is 0.338 e. The molecule has 0 aromatic heterocycles. The Kier molecular flexibility index (Phi) is 5.35. The number of carbonyl (C=O) groups is 3. The van der Waals surface area contributed by atoms with Crippen molar-refractivity contribution in [3.63, 3.8) is 0 Å². The average molecular weight is 349 g/mol. The molecule has 0 bridgehead atoms. The predicted octanol–water partition coefficient (Wildman–Crippen LogP) is 2.67. The van der Waals surface area contributed by atoms with E-state index in [1.807, 2.05) is 18.7 Å². The molecule has 140 valence electrons. The number of nitrogens with zero attached hydrogens (tertiary/aromatic N) is 2. The first kappa shape index (κ1) is 18.2. The highest BCUT2D eigenvalue weighted by Crippen LogP contribution is 2.34. The number of hydrogen-bond acceptors (Lipinski definition) is 3. The van der Waals surface area contributed by atoms with E-state index in [1.165, 1.54) is 32.1 Å². The van der Waals surface area contributed by atoms with Crippen molar-refractivity contribution in [3.05, 3.63) is 0 Å². The monoisotopic (exact) mass is 349 g/mol. The van der Waals surface area contributed by atoms with Crippen LogP contribution in [0.25, 0.3) is 0 Å². The van der Waals surface area contributed by atoms with Gasteiger partial charge >= 0.3 is 6.03 Å². The van der Waals surface area contributed by atoms with Crippen LogP contribution >= 0.6 is 0 Å². The van der Waals surface area contributed by atoms with E-state index < -0.39 is 11.6 Å². The summed E-state index contributed by atoms with van der Waals surface area (Å²) >= 11 is 0. The lowest BCUT2D eigenvalue weighted by molar-refractivity contribution is -0.140. The van der Waals surface area contributed by atoms with Gasteiger partial charge in [0.2, 0.25) is 5.91 Å². The van der Waals surface area contributed by atoms with Crippen LogP contribution in [0.15, 0.2) is 0 Å². The molecule has 0 aromatic rings. The van der Waals surface area contributed by atoms with Crippen molar-refractivity contribution >= 4 is 17.8 Å². The van der Waals surface area contributed by atoms with E-state index >= 15 is 0 Å². The third-order valence-electron chi connectivity index (χ3n) is 6.56. The highest BCUT2D eigenvalue weighted by molar-refractivity contribution is 6.09. The van der Waals surface area contributed by atoms with Gasteiger partial charge in [0.15, 0.2) is 0 Å². The zero-order valence-electron chi connectivity index (χ0n) is 15.6. The summed E-state index contributed by atoms with van der Waals surface area (Å²) in [6.07, 6.45) is 9.40. The molecule has 6 nitrogen and oxygen atoms in total. The van der Waals surface area contributed by atoms with Crippen LogP contribution in [-0.2, 0) is 9.59 Å². The molecule has 2 saturated heterocycles. The van der Waals surface area contributed by atoms with E-state index in [9.17, 15) is 14.4 Å². The van der Waals surface area contributed by atoms with Crippen molar-refractivity contribution in [2.75, 3.05) is 13.1 Å².